The molecule has 9 heteroatoms. The van der Waals surface area contributed by atoms with Gasteiger partial charge < -0.3 is 5.32 Å². The minimum absolute atomic E-state index is 0.0139. The fourth-order valence-electron chi connectivity index (χ4n) is 4.53. The zero-order valence-corrected chi connectivity index (χ0v) is 19.8. The molecule has 0 aliphatic carbocycles. The van der Waals surface area contributed by atoms with Gasteiger partial charge in [0.05, 0.1) is 11.0 Å². The standard InChI is InChI=1S/C26H29F3N4O2/c1-17-7-9-20(10-8-17)16-32-13-11-19(12-14-32)15-30-24(34)18(2)33-22-6-4-3-5-21(22)31-23(25(33)35)26(27,28)29/h3-10,18-19H,11-16H2,1-2H3,(H,30,34)/t18-/m0/s1. The van der Waals surface area contributed by atoms with Crippen molar-refractivity contribution in [1.29, 1.82) is 0 Å². The van der Waals surface area contributed by atoms with Crippen LogP contribution in [0.2, 0.25) is 0 Å². The largest absolute Gasteiger partial charge is 0.438 e. The summed E-state index contributed by atoms with van der Waals surface area (Å²) in [6.07, 6.45) is -3.08. The Bertz CT molecular complexity index is 1250. The van der Waals surface area contributed by atoms with E-state index in [1.165, 1.54) is 30.2 Å². The molecule has 0 saturated carbocycles. The second kappa shape index (κ2) is 10.2. The number of halogens is 3. The van der Waals surface area contributed by atoms with Gasteiger partial charge in [0.2, 0.25) is 11.6 Å². The number of alkyl halides is 3. The Balaban J connectivity index is 1.39. The number of rotatable bonds is 6. The van der Waals surface area contributed by atoms with Gasteiger partial charge in [-0.25, -0.2) is 4.98 Å². The number of aryl methyl sites for hydroxylation is 1. The van der Waals surface area contributed by atoms with E-state index >= 15 is 0 Å². The van der Waals surface area contributed by atoms with Crippen molar-refractivity contribution >= 4 is 16.9 Å². The number of benzene rings is 2. The van der Waals surface area contributed by atoms with Crippen LogP contribution in [0.25, 0.3) is 11.0 Å². The van der Waals surface area contributed by atoms with E-state index in [9.17, 15) is 22.8 Å². The summed E-state index contributed by atoms with van der Waals surface area (Å²) in [7, 11) is 0. The third kappa shape index (κ3) is 5.73. The van der Waals surface area contributed by atoms with Crippen molar-refractivity contribution in [2.45, 2.75) is 45.5 Å². The van der Waals surface area contributed by atoms with Crippen LogP contribution >= 0.6 is 0 Å². The Morgan fingerprint density at radius 1 is 1.11 bits per heavy atom. The van der Waals surface area contributed by atoms with E-state index in [1.54, 1.807) is 12.1 Å². The van der Waals surface area contributed by atoms with E-state index in [2.05, 4.69) is 46.4 Å². The molecule has 0 unspecified atom stereocenters. The molecular formula is C26H29F3N4O2. The summed E-state index contributed by atoms with van der Waals surface area (Å²) in [5.41, 5.74) is -0.129. The second-order valence-corrected chi connectivity index (χ2v) is 9.25. The highest BCUT2D eigenvalue weighted by atomic mass is 19.4. The number of para-hydroxylation sites is 2. The number of amides is 1. The first-order valence-corrected chi connectivity index (χ1v) is 11.8. The van der Waals surface area contributed by atoms with Crippen molar-refractivity contribution in [3.63, 3.8) is 0 Å². The van der Waals surface area contributed by atoms with E-state index in [1.807, 2.05) is 0 Å². The first-order chi connectivity index (χ1) is 16.6. The van der Waals surface area contributed by atoms with Gasteiger partial charge in [0, 0.05) is 13.1 Å². The van der Waals surface area contributed by atoms with Gasteiger partial charge in [0.15, 0.2) is 0 Å². The normalized spacial score (nSPS) is 16.4. The molecule has 1 saturated heterocycles. The predicted octanol–water partition coefficient (Wildman–Crippen LogP) is 4.31. The maximum absolute atomic E-state index is 13.4. The fraction of sp³-hybridized carbons (Fsp3) is 0.423. The minimum atomic E-state index is -4.91. The lowest BCUT2D eigenvalue weighted by molar-refractivity contribution is -0.142. The van der Waals surface area contributed by atoms with Crippen LogP contribution in [0.15, 0.2) is 53.3 Å². The van der Waals surface area contributed by atoms with Gasteiger partial charge in [-0.3, -0.25) is 19.1 Å². The molecule has 0 radical (unpaired) electrons. The highest BCUT2D eigenvalue weighted by molar-refractivity contribution is 5.83. The Hall–Kier alpha value is -3.20. The summed E-state index contributed by atoms with van der Waals surface area (Å²) in [6, 6.07) is 13.4. The Labute approximate surface area is 201 Å². The third-order valence-electron chi connectivity index (χ3n) is 6.63. The molecule has 1 aromatic heterocycles. The number of aromatic nitrogens is 2. The summed E-state index contributed by atoms with van der Waals surface area (Å²) in [5.74, 6) is -0.212. The van der Waals surface area contributed by atoms with Crippen LogP contribution < -0.4 is 10.9 Å². The van der Waals surface area contributed by atoms with E-state index in [0.29, 0.717) is 6.54 Å². The molecule has 186 valence electrons. The molecule has 1 amide bonds. The number of nitrogens with zero attached hydrogens (tertiary/aromatic N) is 3. The van der Waals surface area contributed by atoms with Crippen LogP contribution in [-0.2, 0) is 17.5 Å². The predicted molar refractivity (Wildman–Crippen MR) is 128 cm³/mol. The topological polar surface area (TPSA) is 67.2 Å². The summed E-state index contributed by atoms with van der Waals surface area (Å²) >= 11 is 0. The van der Waals surface area contributed by atoms with Crippen molar-refractivity contribution in [2.75, 3.05) is 19.6 Å². The molecule has 4 rings (SSSR count). The van der Waals surface area contributed by atoms with E-state index < -0.39 is 29.4 Å². The maximum Gasteiger partial charge on any atom is 0.438 e. The summed E-state index contributed by atoms with van der Waals surface area (Å²) in [6.45, 7) is 6.63. The molecule has 1 fully saturated rings. The van der Waals surface area contributed by atoms with E-state index in [0.717, 1.165) is 37.0 Å². The molecule has 35 heavy (non-hydrogen) atoms. The molecular weight excluding hydrogens is 457 g/mol. The SMILES string of the molecule is Cc1ccc(CN2CCC(CNC(=O)[C@H](C)n3c(=O)c(C(F)(F)F)nc4ccccc43)CC2)cc1. The van der Waals surface area contributed by atoms with Crippen molar-refractivity contribution in [1.82, 2.24) is 19.8 Å². The quantitative estimate of drug-likeness (QED) is 0.564. The van der Waals surface area contributed by atoms with Gasteiger partial charge >= 0.3 is 6.18 Å². The van der Waals surface area contributed by atoms with Crippen LogP contribution in [0.4, 0.5) is 13.2 Å². The number of carbonyl (C=O) groups is 1. The van der Waals surface area contributed by atoms with Crippen LogP contribution in [0.3, 0.4) is 0 Å². The molecule has 0 spiro atoms. The second-order valence-electron chi connectivity index (χ2n) is 9.25. The Morgan fingerprint density at radius 2 is 1.77 bits per heavy atom. The van der Waals surface area contributed by atoms with Gasteiger partial charge in [-0.15, -0.1) is 0 Å². The van der Waals surface area contributed by atoms with Gasteiger partial charge in [0.25, 0.3) is 5.56 Å². The first kappa shape index (κ1) is 24.9. The maximum atomic E-state index is 13.4. The lowest BCUT2D eigenvalue weighted by Gasteiger charge is -2.32. The summed E-state index contributed by atoms with van der Waals surface area (Å²) in [5, 5.41) is 2.85. The molecule has 1 aliphatic heterocycles. The van der Waals surface area contributed by atoms with Gasteiger partial charge in [-0.1, -0.05) is 42.0 Å². The van der Waals surface area contributed by atoms with Crippen LogP contribution in [-0.4, -0.2) is 40.0 Å². The fourth-order valence-corrected chi connectivity index (χ4v) is 4.53. The molecule has 6 nitrogen and oxygen atoms in total. The number of likely N-dealkylation sites (tertiary alicyclic amines) is 1. The van der Waals surface area contributed by atoms with Crippen molar-refractivity contribution in [2.24, 2.45) is 5.92 Å². The zero-order chi connectivity index (χ0) is 25.2. The number of hydrogen-bond donors (Lipinski definition) is 1. The smallest absolute Gasteiger partial charge is 0.354 e. The molecule has 1 atom stereocenters. The first-order valence-electron chi connectivity index (χ1n) is 11.8. The highest BCUT2D eigenvalue weighted by Crippen LogP contribution is 2.27. The molecule has 3 aromatic rings. The monoisotopic (exact) mass is 486 g/mol. The van der Waals surface area contributed by atoms with Crippen LogP contribution in [0.5, 0.6) is 0 Å². The molecule has 2 heterocycles. The summed E-state index contributed by atoms with van der Waals surface area (Å²) < 4.78 is 41.1. The number of fused-ring (bicyclic) bond motifs is 1. The molecule has 1 N–H and O–H groups in total. The number of nitrogens with one attached hydrogen (secondary N) is 1. The Morgan fingerprint density at radius 3 is 2.43 bits per heavy atom. The lowest BCUT2D eigenvalue weighted by Crippen LogP contribution is -2.42. The average Bonchev–Trinajstić information content (AvgIpc) is 2.83. The summed E-state index contributed by atoms with van der Waals surface area (Å²) in [4.78, 5) is 31.5. The van der Waals surface area contributed by atoms with Crippen LogP contribution in [0, 0.1) is 12.8 Å². The zero-order valence-electron chi connectivity index (χ0n) is 19.8. The highest BCUT2D eigenvalue weighted by Gasteiger charge is 2.38. The van der Waals surface area contributed by atoms with Crippen molar-refractivity contribution in [3.05, 3.63) is 75.7 Å². The lowest BCUT2D eigenvalue weighted by atomic mass is 9.96. The van der Waals surface area contributed by atoms with E-state index in [-0.39, 0.29) is 17.0 Å². The number of hydrogen-bond acceptors (Lipinski definition) is 4. The molecule has 2 aromatic carbocycles. The molecule has 0 bridgehead atoms. The third-order valence-corrected chi connectivity index (χ3v) is 6.63. The van der Waals surface area contributed by atoms with Gasteiger partial charge in [-0.2, -0.15) is 13.2 Å². The minimum Gasteiger partial charge on any atom is -0.354 e. The Kier molecular flexibility index (Phi) is 7.25. The average molecular weight is 487 g/mol. The van der Waals surface area contributed by atoms with Crippen molar-refractivity contribution in [3.8, 4) is 0 Å². The van der Waals surface area contributed by atoms with E-state index in [4.69, 9.17) is 0 Å². The van der Waals surface area contributed by atoms with Gasteiger partial charge in [0.1, 0.15) is 6.04 Å². The van der Waals surface area contributed by atoms with Gasteiger partial charge in [-0.05, 0) is 63.4 Å². The number of carbonyl (C=O) groups excluding carboxylic acids is 1. The number of piperidine rings is 1. The molecule has 1 aliphatic rings. The van der Waals surface area contributed by atoms with Crippen molar-refractivity contribution < 1.29 is 18.0 Å². The van der Waals surface area contributed by atoms with Crippen LogP contribution in [0.1, 0.15) is 42.6 Å².